The standard InChI is InChI=1S/C22H36N8O2/c1-3-17(4-2)20-16-22(30-21(28-20)7-8-26-30)27-19-6-5-18(15-19)24-9-11-31-13-14-32-12-10-25-29-23/h7-8,16-19,24,27H,3-6,9-15H2,1-2H3/t18-,19-/m0/s1. The summed E-state index contributed by atoms with van der Waals surface area (Å²) in [5.41, 5.74) is 10.2. The van der Waals surface area contributed by atoms with Crippen molar-refractivity contribution in [2.24, 2.45) is 5.11 Å². The van der Waals surface area contributed by atoms with Crippen molar-refractivity contribution < 1.29 is 9.47 Å². The van der Waals surface area contributed by atoms with Gasteiger partial charge in [0.05, 0.1) is 32.6 Å². The second-order valence-corrected chi connectivity index (χ2v) is 8.17. The number of aromatic nitrogens is 3. The van der Waals surface area contributed by atoms with Gasteiger partial charge in [0.25, 0.3) is 0 Å². The van der Waals surface area contributed by atoms with E-state index in [1.54, 1.807) is 0 Å². The van der Waals surface area contributed by atoms with Gasteiger partial charge < -0.3 is 20.1 Å². The first-order valence-electron chi connectivity index (χ1n) is 11.8. The predicted octanol–water partition coefficient (Wildman–Crippen LogP) is 3.90. The van der Waals surface area contributed by atoms with Crippen molar-refractivity contribution in [2.45, 2.75) is 64.0 Å². The van der Waals surface area contributed by atoms with Crippen LogP contribution in [0, 0.1) is 0 Å². The van der Waals surface area contributed by atoms with Gasteiger partial charge in [-0.15, -0.1) is 0 Å². The molecule has 0 radical (unpaired) electrons. The molecule has 0 bridgehead atoms. The summed E-state index contributed by atoms with van der Waals surface area (Å²) < 4.78 is 12.8. The van der Waals surface area contributed by atoms with Gasteiger partial charge in [-0.3, -0.25) is 0 Å². The molecule has 2 heterocycles. The number of anilines is 1. The van der Waals surface area contributed by atoms with Crippen LogP contribution in [0.25, 0.3) is 16.1 Å². The van der Waals surface area contributed by atoms with Crippen LogP contribution >= 0.6 is 0 Å². The molecule has 1 aliphatic rings. The first-order valence-corrected chi connectivity index (χ1v) is 11.8. The van der Waals surface area contributed by atoms with Crippen molar-refractivity contribution in [3.8, 4) is 0 Å². The number of nitrogens with zero attached hydrogens (tertiary/aromatic N) is 6. The fourth-order valence-electron chi connectivity index (χ4n) is 4.27. The summed E-state index contributed by atoms with van der Waals surface area (Å²) in [6, 6.07) is 5.06. The molecule has 0 spiro atoms. The Balaban J connectivity index is 1.39. The molecule has 10 heteroatoms. The molecule has 2 N–H and O–H groups in total. The maximum absolute atomic E-state index is 8.19. The van der Waals surface area contributed by atoms with Gasteiger partial charge >= 0.3 is 0 Å². The van der Waals surface area contributed by atoms with Gasteiger partial charge in [0.15, 0.2) is 5.65 Å². The Kier molecular flexibility index (Phi) is 10.0. The first kappa shape index (κ1) is 24.3. The Hall–Kier alpha value is -2.39. The molecule has 1 aliphatic carbocycles. The molecule has 0 aliphatic heterocycles. The van der Waals surface area contributed by atoms with Crippen LogP contribution in [0.2, 0.25) is 0 Å². The van der Waals surface area contributed by atoms with E-state index in [9.17, 15) is 0 Å². The summed E-state index contributed by atoms with van der Waals surface area (Å²) in [6.45, 7) is 7.79. The second-order valence-electron chi connectivity index (χ2n) is 8.17. The maximum Gasteiger partial charge on any atom is 0.157 e. The van der Waals surface area contributed by atoms with E-state index >= 15 is 0 Å². The normalized spacial score (nSPS) is 18.3. The van der Waals surface area contributed by atoms with Crippen molar-refractivity contribution in [2.75, 3.05) is 44.8 Å². The highest BCUT2D eigenvalue weighted by Crippen LogP contribution is 2.27. The van der Waals surface area contributed by atoms with Crippen molar-refractivity contribution in [3.05, 3.63) is 34.5 Å². The minimum Gasteiger partial charge on any atom is -0.379 e. The van der Waals surface area contributed by atoms with E-state index < -0.39 is 0 Å². The van der Waals surface area contributed by atoms with Crippen LogP contribution in [-0.4, -0.2) is 66.2 Å². The molecule has 1 fully saturated rings. The second kappa shape index (κ2) is 13.2. The summed E-state index contributed by atoms with van der Waals surface area (Å²) >= 11 is 0. The van der Waals surface area contributed by atoms with Crippen molar-refractivity contribution in [1.82, 2.24) is 19.9 Å². The van der Waals surface area contributed by atoms with E-state index in [-0.39, 0.29) is 0 Å². The highest BCUT2D eigenvalue weighted by Gasteiger charge is 2.25. The highest BCUT2D eigenvalue weighted by atomic mass is 16.5. The fraction of sp³-hybridized carbons (Fsp3) is 0.727. The van der Waals surface area contributed by atoms with Crippen molar-refractivity contribution in [3.63, 3.8) is 0 Å². The quantitative estimate of drug-likeness (QED) is 0.186. The van der Waals surface area contributed by atoms with Gasteiger partial charge in [-0.25, -0.2) is 4.98 Å². The van der Waals surface area contributed by atoms with Gasteiger partial charge in [0.1, 0.15) is 5.82 Å². The highest BCUT2D eigenvalue weighted by molar-refractivity contribution is 5.50. The Morgan fingerprint density at radius 1 is 1.19 bits per heavy atom. The maximum atomic E-state index is 8.19. The third-order valence-corrected chi connectivity index (χ3v) is 6.02. The van der Waals surface area contributed by atoms with Crippen LogP contribution in [0.4, 0.5) is 5.82 Å². The van der Waals surface area contributed by atoms with E-state index in [0.29, 0.717) is 51.0 Å². The number of hydrogen-bond donors (Lipinski definition) is 2. The van der Waals surface area contributed by atoms with Gasteiger partial charge in [-0.2, -0.15) is 9.61 Å². The Morgan fingerprint density at radius 3 is 2.75 bits per heavy atom. The molecule has 3 rings (SSSR count). The molecule has 0 amide bonds. The molecule has 2 aromatic rings. The number of fused-ring (bicyclic) bond motifs is 1. The monoisotopic (exact) mass is 444 g/mol. The largest absolute Gasteiger partial charge is 0.379 e. The van der Waals surface area contributed by atoms with Gasteiger partial charge in [-0.05, 0) is 37.6 Å². The zero-order chi connectivity index (χ0) is 22.6. The molecule has 2 atom stereocenters. The van der Waals surface area contributed by atoms with Crippen molar-refractivity contribution >= 4 is 11.5 Å². The molecule has 32 heavy (non-hydrogen) atoms. The van der Waals surface area contributed by atoms with E-state index in [4.69, 9.17) is 20.0 Å². The minimum atomic E-state index is 0.361. The number of hydrogen-bond acceptors (Lipinski definition) is 7. The van der Waals surface area contributed by atoms with E-state index in [1.165, 1.54) is 0 Å². The smallest absolute Gasteiger partial charge is 0.157 e. The van der Waals surface area contributed by atoms with Gasteiger partial charge in [0, 0.05) is 53.8 Å². The van der Waals surface area contributed by atoms with Crippen LogP contribution in [-0.2, 0) is 9.47 Å². The molecule has 176 valence electrons. The van der Waals surface area contributed by atoms with Crippen LogP contribution in [0.1, 0.15) is 57.6 Å². The van der Waals surface area contributed by atoms with Crippen molar-refractivity contribution in [1.29, 1.82) is 0 Å². The van der Waals surface area contributed by atoms with E-state index in [0.717, 1.165) is 55.8 Å². The summed E-state index contributed by atoms with van der Waals surface area (Å²) in [4.78, 5) is 7.51. The summed E-state index contributed by atoms with van der Waals surface area (Å²) in [7, 11) is 0. The lowest BCUT2D eigenvalue weighted by Gasteiger charge is -2.19. The molecular weight excluding hydrogens is 408 g/mol. The third kappa shape index (κ3) is 7.06. The van der Waals surface area contributed by atoms with E-state index in [1.807, 2.05) is 16.8 Å². The number of rotatable bonds is 15. The third-order valence-electron chi connectivity index (χ3n) is 6.02. The summed E-state index contributed by atoms with van der Waals surface area (Å²) in [5.74, 6) is 1.52. The van der Waals surface area contributed by atoms with Gasteiger partial charge in [-0.1, -0.05) is 19.0 Å². The number of ether oxygens (including phenoxy) is 2. The molecule has 10 nitrogen and oxygen atoms in total. The lowest BCUT2D eigenvalue weighted by molar-refractivity contribution is 0.0512. The first-order chi connectivity index (χ1) is 15.7. The average Bonchev–Trinajstić information content (AvgIpc) is 3.45. The molecule has 0 unspecified atom stereocenters. The lowest BCUT2D eigenvalue weighted by Crippen LogP contribution is -2.31. The molecule has 0 saturated heterocycles. The van der Waals surface area contributed by atoms with Gasteiger partial charge in [0.2, 0.25) is 0 Å². The van der Waals surface area contributed by atoms with Crippen LogP contribution in [0.5, 0.6) is 0 Å². The molecule has 2 aromatic heterocycles. The Bertz CT molecular complexity index is 863. The Labute approximate surface area is 189 Å². The van der Waals surface area contributed by atoms with Crippen LogP contribution in [0.15, 0.2) is 23.4 Å². The number of nitrogens with one attached hydrogen (secondary N) is 2. The fourth-order valence-corrected chi connectivity index (χ4v) is 4.27. The zero-order valence-corrected chi connectivity index (χ0v) is 19.2. The summed E-state index contributed by atoms with van der Waals surface area (Å²) in [6.07, 6.45) is 7.34. The lowest BCUT2D eigenvalue weighted by atomic mass is 9.99. The topological polar surface area (TPSA) is 121 Å². The molecule has 0 aromatic carbocycles. The minimum absolute atomic E-state index is 0.361. The van der Waals surface area contributed by atoms with Crippen LogP contribution < -0.4 is 10.6 Å². The zero-order valence-electron chi connectivity index (χ0n) is 19.2. The average molecular weight is 445 g/mol. The van der Waals surface area contributed by atoms with Crippen LogP contribution in [0.3, 0.4) is 0 Å². The van der Waals surface area contributed by atoms with E-state index in [2.05, 4.69) is 45.7 Å². The SMILES string of the molecule is CCC(CC)c1cc(N[C@H]2CC[C@H](NCCOCCOCCN=[N+]=[N-])C2)n2nccc2n1. The predicted molar refractivity (Wildman–Crippen MR) is 125 cm³/mol. The Morgan fingerprint density at radius 2 is 1.97 bits per heavy atom. The molecular formula is C22H36N8O2. The summed E-state index contributed by atoms with van der Waals surface area (Å²) in [5, 5.41) is 15.2. The molecule has 1 saturated carbocycles. The number of azide groups is 1.